The van der Waals surface area contributed by atoms with Crippen LogP contribution in [0.25, 0.3) is 21.8 Å². The van der Waals surface area contributed by atoms with Gasteiger partial charge in [-0.25, -0.2) is 9.78 Å². The number of hydrogen-bond acceptors (Lipinski definition) is 5. The zero-order valence-corrected chi connectivity index (χ0v) is 18.3. The maximum Gasteiger partial charge on any atom is 0.356 e. The predicted octanol–water partition coefficient (Wildman–Crippen LogP) is 4.74. The molecule has 0 radical (unpaired) electrons. The van der Waals surface area contributed by atoms with Crippen LogP contribution in [0.1, 0.15) is 47.1 Å². The highest BCUT2D eigenvalue weighted by Gasteiger charge is 2.29. The molecule has 166 valence electrons. The lowest BCUT2D eigenvalue weighted by Crippen LogP contribution is -2.18. The summed E-state index contributed by atoms with van der Waals surface area (Å²) in [6, 6.07) is 19.6. The Kier molecular flexibility index (Phi) is 5.52. The fraction of sp³-hybridized carbons (Fsp3) is 0.222. The van der Waals surface area contributed by atoms with Gasteiger partial charge in [-0.2, -0.15) is 0 Å². The van der Waals surface area contributed by atoms with E-state index in [0.717, 1.165) is 34.7 Å². The van der Waals surface area contributed by atoms with Crippen molar-refractivity contribution in [2.24, 2.45) is 0 Å². The number of para-hydroxylation sites is 1. The van der Waals surface area contributed by atoms with E-state index >= 15 is 0 Å². The molecule has 0 bridgehead atoms. The fourth-order valence-electron chi connectivity index (χ4n) is 4.62. The van der Waals surface area contributed by atoms with Gasteiger partial charge in [0.05, 0.1) is 18.3 Å². The first-order chi connectivity index (χ1) is 16.1. The molecule has 0 amide bonds. The Bertz CT molecular complexity index is 1400. The molecule has 2 heterocycles. The number of carbonyl (C=O) groups excluding carboxylic acids is 2. The van der Waals surface area contributed by atoms with Crippen LogP contribution in [-0.2, 0) is 16.1 Å². The molecule has 2 aromatic carbocycles. The van der Waals surface area contributed by atoms with Crippen LogP contribution in [0.4, 0.5) is 0 Å². The number of benzene rings is 2. The number of Topliss-reactive ketones (excluding diaryl/α,β-unsaturated/α-hetero) is 1. The molecule has 4 aromatic rings. The van der Waals surface area contributed by atoms with Gasteiger partial charge in [-0.1, -0.05) is 54.6 Å². The van der Waals surface area contributed by atoms with Crippen molar-refractivity contribution in [3.8, 4) is 0 Å². The molecule has 1 N–H and O–H groups in total. The average molecular weight is 440 g/mol. The zero-order valence-electron chi connectivity index (χ0n) is 18.3. The van der Waals surface area contributed by atoms with Gasteiger partial charge in [0.25, 0.3) is 0 Å². The number of ketones is 1. The van der Waals surface area contributed by atoms with Gasteiger partial charge < -0.3 is 14.4 Å². The molecular formula is C27H24N2O4. The standard InChI is InChI=1S/C27H24N2O4/c1-33-27(32)21-15-20-18-11-5-7-13-22(18)29(16-17-9-3-2-4-10-17)25(20)24(28-21)26(31)19-12-6-8-14-23(19)30/h2-5,7,9-13,15,26,31H,6,8,14,16H2,1H3. The number of esters is 1. The van der Waals surface area contributed by atoms with Gasteiger partial charge in [-0.15, -0.1) is 0 Å². The highest BCUT2D eigenvalue weighted by atomic mass is 16.5. The van der Waals surface area contributed by atoms with Crippen molar-refractivity contribution in [1.29, 1.82) is 0 Å². The van der Waals surface area contributed by atoms with E-state index in [-0.39, 0.29) is 11.5 Å². The molecule has 1 atom stereocenters. The quantitative estimate of drug-likeness (QED) is 0.454. The Labute approximate surface area is 191 Å². The SMILES string of the molecule is COC(=O)c1cc2c3ccccc3n(Cc3ccccc3)c2c(C(O)C2=CCCCC2=O)n1. The molecule has 0 spiro atoms. The third-order valence-electron chi connectivity index (χ3n) is 6.20. The van der Waals surface area contributed by atoms with Gasteiger partial charge in [0, 0.05) is 34.8 Å². The van der Waals surface area contributed by atoms with Crippen molar-refractivity contribution in [1.82, 2.24) is 9.55 Å². The second kappa shape index (κ2) is 8.64. The highest BCUT2D eigenvalue weighted by Crippen LogP contribution is 2.37. The highest BCUT2D eigenvalue weighted by molar-refractivity contribution is 6.11. The third-order valence-corrected chi connectivity index (χ3v) is 6.20. The van der Waals surface area contributed by atoms with Crippen LogP contribution in [0, 0.1) is 0 Å². The second-order valence-electron chi connectivity index (χ2n) is 8.25. The first-order valence-electron chi connectivity index (χ1n) is 11.0. The number of methoxy groups -OCH3 is 1. The molecule has 0 saturated heterocycles. The lowest BCUT2D eigenvalue weighted by molar-refractivity contribution is -0.117. The Balaban J connectivity index is 1.82. The number of aromatic nitrogens is 2. The van der Waals surface area contributed by atoms with Crippen LogP contribution in [0.15, 0.2) is 72.3 Å². The van der Waals surface area contributed by atoms with Crippen LogP contribution in [0.3, 0.4) is 0 Å². The summed E-state index contributed by atoms with van der Waals surface area (Å²) >= 11 is 0. The Morgan fingerprint density at radius 3 is 2.64 bits per heavy atom. The molecule has 0 fully saturated rings. The van der Waals surface area contributed by atoms with E-state index in [4.69, 9.17) is 4.74 Å². The Hall–Kier alpha value is -3.77. The second-order valence-corrected chi connectivity index (χ2v) is 8.25. The van der Waals surface area contributed by atoms with E-state index in [9.17, 15) is 14.7 Å². The number of ether oxygens (including phenoxy) is 1. The molecule has 33 heavy (non-hydrogen) atoms. The van der Waals surface area contributed by atoms with Crippen molar-refractivity contribution in [3.63, 3.8) is 0 Å². The van der Waals surface area contributed by atoms with Gasteiger partial charge in [0.15, 0.2) is 5.78 Å². The topological polar surface area (TPSA) is 81.4 Å². The van der Waals surface area contributed by atoms with Crippen LogP contribution in [-0.4, -0.2) is 33.5 Å². The Morgan fingerprint density at radius 2 is 1.88 bits per heavy atom. The molecule has 1 unspecified atom stereocenters. The summed E-state index contributed by atoms with van der Waals surface area (Å²) in [5.41, 5.74) is 3.49. The smallest absolute Gasteiger partial charge is 0.356 e. The number of nitrogens with zero attached hydrogens (tertiary/aromatic N) is 2. The van der Waals surface area contributed by atoms with Gasteiger partial charge in [-0.3, -0.25) is 4.79 Å². The zero-order chi connectivity index (χ0) is 22.9. The van der Waals surface area contributed by atoms with Crippen molar-refractivity contribution in [2.75, 3.05) is 7.11 Å². The van der Waals surface area contributed by atoms with E-state index in [2.05, 4.69) is 9.55 Å². The van der Waals surface area contributed by atoms with Crippen LogP contribution in [0.5, 0.6) is 0 Å². The van der Waals surface area contributed by atoms with Gasteiger partial charge in [-0.05, 0) is 30.5 Å². The molecule has 1 aliphatic carbocycles. The van der Waals surface area contributed by atoms with Gasteiger partial charge in [0.1, 0.15) is 11.8 Å². The normalized spacial score (nSPS) is 15.0. The number of carbonyl (C=O) groups is 2. The van der Waals surface area contributed by atoms with E-state index in [1.807, 2.05) is 54.6 Å². The first-order valence-corrected chi connectivity index (χ1v) is 11.0. The summed E-state index contributed by atoms with van der Waals surface area (Å²) in [6.07, 6.45) is 2.46. The number of aliphatic hydroxyl groups is 1. The van der Waals surface area contributed by atoms with Crippen LogP contribution < -0.4 is 0 Å². The van der Waals surface area contributed by atoms with Crippen LogP contribution >= 0.6 is 0 Å². The molecular weight excluding hydrogens is 416 g/mol. The van der Waals surface area contributed by atoms with E-state index in [1.165, 1.54) is 7.11 Å². The van der Waals surface area contributed by atoms with Gasteiger partial charge in [0.2, 0.25) is 0 Å². The number of rotatable bonds is 5. The predicted molar refractivity (Wildman–Crippen MR) is 126 cm³/mol. The first kappa shape index (κ1) is 21.1. The molecule has 5 rings (SSSR count). The number of fused-ring (bicyclic) bond motifs is 3. The number of aliphatic hydroxyl groups excluding tert-OH is 1. The van der Waals surface area contributed by atoms with E-state index in [0.29, 0.717) is 29.7 Å². The maximum atomic E-state index is 12.6. The summed E-state index contributed by atoms with van der Waals surface area (Å²) in [5, 5.41) is 13.1. The minimum atomic E-state index is -1.23. The van der Waals surface area contributed by atoms with Gasteiger partial charge >= 0.3 is 5.97 Å². The largest absolute Gasteiger partial charge is 0.464 e. The van der Waals surface area contributed by atoms with E-state index in [1.54, 1.807) is 12.1 Å². The summed E-state index contributed by atoms with van der Waals surface area (Å²) in [4.78, 5) is 29.6. The minimum Gasteiger partial charge on any atom is -0.464 e. The molecule has 2 aromatic heterocycles. The summed E-state index contributed by atoms with van der Waals surface area (Å²) in [5.74, 6) is -0.674. The summed E-state index contributed by atoms with van der Waals surface area (Å²) < 4.78 is 7.03. The monoisotopic (exact) mass is 440 g/mol. The van der Waals surface area contributed by atoms with Crippen molar-refractivity contribution in [2.45, 2.75) is 31.9 Å². The molecule has 0 aliphatic heterocycles. The Morgan fingerprint density at radius 1 is 1.12 bits per heavy atom. The minimum absolute atomic E-state index is 0.0853. The van der Waals surface area contributed by atoms with Crippen LogP contribution in [0.2, 0.25) is 0 Å². The molecule has 0 saturated carbocycles. The van der Waals surface area contributed by atoms with Crippen molar-refractivity contribution >= 4 is 33.6 Å². The van der Waals surface area contributed by atoms with Crippen molar-refractivity contribution < 1.29 is 19.4 Å². The number of hydrogen-bond donors (Lipinski definition) is 1. The molecule has 6 nitrogen and oxygen atoms in total. The number of pyridine rings is 1. The maximum absolute atomic E-state index is 12.6. The molecule has 6 heteroatoms. The average Bonchev–Trinajstić information content (AvgIpc) is 3.17. The summed E-state index contributed by atoms with van der Waals surface area (Å²) in [7, 11) is 1.30. The lowest BCUT2D eigenvalue weighted by atomic mass is 9.91. The fourth-order valence-corrected chi connectivity index (χ4v) is 4.62. The van der Waals surface area contributed by atoms with E-state index < -0.39 is 12.1 Å². The van der Waals surface area contributed by atoms with Crippen molar-refractivity contribution in [3.05, 3.63) is 89.3 Å². The summed E-state index contributed by atoms with van der Waals surface area (Å²) in [6.45, 7) is 0.552. The molecule has 1 aliphatic rings. The lowest BCUT2D eigenvalue weighted by Gasteiger charge is -2.20. The number of allylic oxidation sites excluding steroid dienone is 1. The third kappa shape index (κ3) is 3.72.